The highest BCUT2D eigenvalue weighted by atomic mass is 32.1. The van der Waals surface area contributed by atoms with Crippen molar-refractivity contribution in [3.05, 3.63) is 58.3 Å². The Morgan fingerprint density at radius 3 is 2.21 bits per heavy atom. The van der Waals surface area contributed by atoms with E-state index in [1.807, 2.05) is 0 Å². The van der Waals surface area contributed by atoms with Crippen LogP contribution in [0.2, 0.25) is 0 Å². The molecule has 1 atom stereocenters. The van der Waals surface area contributed by atoms with Crippen LogP contribution < -0.4 is 0 Å². The van der Waals surface area contributed by atoms with Gasteiger partial charge in [0.1, 0.15) is 5.41 Å². The standard InChI is InChI=1S/C14H12O4S/c15-12(16)9-14(13(17)18,11-7-4-8-19-11)10-5-2-1-3-6-10/h1-8H,9H2,(H,15,16)(H,17,18). The summed E-state index contributed by atoms with van der Waals surface area (Å²) in [5.41, 5.74) is -1.05. The van der Waals surface area contributed by atoms with E-state index in [0.717, 1.165) is 0 Å². The Labute approximate surface area is 114 Å². The van der Waals surface area contributed by atoms with Gasteiger partial charge in [0.05, 0.1) is 6.42 Å². The number of hydrogen-bond donors (Lipinski definition) is 2. The van der Waals surface area contributed by atoms with Crippen molar-refractivity contribution in [3.8, 4) is 0 Å². The Morgan fingerprint density at radius 2 is 1.74 bits per heavy atom. The second-order valence-electron chi connectivity index (χ2n) is 4.12. The average molecular weight is 276 g/mol. The minimum absolute atomic E-state index is 0.479. The molecule has 98 valence electrons. The van der Waals surface area contributed by atoms with E-state index in [-0.39, 0.29) is 0 Å². The van der Waals surface area contributed by atoms with Crippen molar-refractivity contribution in [2.45, 2.75) is 11.8 Å². The minimum Gasteiger partial charge on any atom is -0.481 e. The highest BCUT2D eigenvalue weighted by Gasteiger charge is 2.45. The molecule has 5 heteroatoms. The molecule has 0 aliphatic rings. The van der Waals surface area contributed by atoms with Crippen molar-refractivity contribution < 1.29 is 19.8 Å². The van der Waals surface area contributed by atoms with Crippen molar-refractivity contribution in [2.75, 3.05) is 0 Å². The van der Waals surface area contributed by atoms with E-state index in [9.17, 15) is 14.7 Å². The summed E-state index contributed by atoms with van der Waals surface area (Å²) in [5, 5.41) is 20.5. The molecule has 0 radical (unpaired) electrons. The molecule has 1 heterocycles. The molecule has 0 saturated heterocycles. The van der Waals surface area contributed by atoms with Gasteiger partial charge in [-0.25, -0.2) is 0 Å². The molecule has 0 spiro atoms. The zero-order valence-corrected chi connectivity index (χ0v) is 10.8. The SMILES string of the molecule is O=C(O)CC(C(=O)O)(c1ccccc1)c1cccs1. The lowest BCUT2D eigenvalue weighted by molar-refractivity contribution is -0.148. The van der Waals surface area contributed by atoms with E-state index >= 15 is 0 Å². The molecule has 0 saturated carbocycles. The molecule has 2 aromatic rings. The maximum absolute atomic E-state index is 11.8. The molecule has 0 aliphatic heterocycles. The van der Waals surface area contributed by atoms with Crippen molar-refractivity contribution in [2.24, 2.45) is 0 Å². The molecule has 1 unspecified atom stereocenters. The number of rotatable bonds is 5. The third-order valence-corrected chi connectivity index (χ3v) is 4.02. The van der Waals surface area contributed by atoms with E-state index < -0.39 is 23.8 Å². The number of thiophene rings is 1. The smallest absolute Gasteiger partial charge is 0.320 e. The van der Waals surface area contributed by atoms with Crippen molar-refractivity contribution >= 4 is 23.3 Å². The highest BCUT2D eigenvalue weighted by Crippen LogP contribution is 2.38. The van der Waals surface area contributed by atoms with Gasteiger partial charge in [0.15, 0.2) is 0 Å². The summed E-state index contributed by atoms with van der Waals surface area (Å²) >= 11 is 1.25. The number of carboxylic acid groups (broad SMARTS) is 2. The summed E-state index contributed by atoms with van der Waals surface area (Å²) in [4.78, 5) is 23.5. The fourth-order valence-electron chi connectivity index (χ4n) is 2.11. The van der Waals surface area contributed by atoms with Gasteiger partial charge < -0.3 is 10.2 Å². The first-order valence-electron chi connectivity index (χ1n) is 5.62. The molecule has 0 aliphatic carbocycles. The zero-order valence-electron chi connectivity index (χ0n) is 9.95. The topological polar surface area (TPSA) is 74.6 Å². The van der Waals surface area contributed by atoms with Crippen LogP contribution in [0.15, 0.2) is 47.8 Å². The second-order valence-corrected chi connectivity index (χ2v) is 5.07. The number of aliphatic carboxylic acids is 2. The van der Waals surface area contributed by atoms with Crippen LogP contribution >= 0.6 is 11.3 Å². The number of carbonyl (C=O) groups is 2. The molecule has 4 nitrogen and oxygen atoms in total. The Bertz CT molecular complexity index is 577. The summed E-state index contributed by atoms with van der Waals surface area (Å²) in [6.07, 6.45) is -0.479. The first-order valence-corrected chi connectivity index (χ1v) is 6.50. The molecule has 0 amide bonds. The maximum atomic E-state index is 11.8. The van der Waals surface area contributed by atoms with E-state index in [0.29, 0.717) is 10.4 Å². The van der Waals surface area contributed by atoms with Crippen LogP contribution in [0.4, 0.5) is 0 Å². The highest BCUT2D eigenvalue weighted by molar-refractivity contribution is 7.10. The lowest BCUT2D eigenvalue weighted by Gasteiger charge is -2.27. The third-order valence-electron chi connectivity index (χ3n) is 2.99. The van der Waals surface area contributed by atoms with Crippen LogP contribution in [0.25, 0.3) is 0 Å². The summed E-state index contributed by atoms with van der Waals surface area (Å²) in [6.45, 7) is 0. The van der Waals surface area contributed by atoms with E-state index in [4.69, 9.17) is 5.11 Å². The predicted octanol–water partition coefficient (Wildman–Crippen LogP) is 2.59. The van der Waals surface area contributed by atoms with Crippen molar-refractivity contribution in [1.82, 2.24) is 0 Å². The number of hydrogen-bond acceptors (Lipinski definition) is 3. The van der Waals surface area contributed by atoms with E-state index in [1.54, 1.807) is 47.8 Å². The summed E-state index contributed by atoms with van der Waals surface area (Å²) in [6, 6.07) is 11.9. The number of benzene rings is 1. The molecule has 19 heavy (non-hydrogen) atoms. The lowest BCUT2D eigenvalue weighted by atomic mass is 9.76. The fourth-order valence-corrected chi connectivity index (χ4v) is 3.05. The molecule has 0 bridgehead atoms. The first kappa shape index (κ1) is 13.3. The Kier molecular flexibility index (Phi) is 3.66. The Balaban J connectivity index is 2.66. The Hall–Kier alpha value is -2.14. The van der Waals surface area contributed by atoms with Crippen molar-refractivity contribution in [3.63, 3.8) is 0 Å². The molecular weight excluding hydrogens is 264 g/mol. The number of carboxylic acids is 2. The molecule has 2 rings (SSSR count). The minimum atomic E-state index is -1.53. The van der Waals surface area contributed by atoms with Gasteiger partial charge in [0.2, 0.25) is 0 Å². The van der Waals surface area contributed by atoms with Crippen LogP contribution in [0.1, 0.15) is 16.9 Å². The zero-order chi connectivity index (χ0) is 13.9. The van der Waals surface area contributed by atoms with Gasteiger partial charge in [-0.1, -0.05) is 36.4 Å². The summed E-state index contributed by atoms with van der Waals surface area (Å²) in [7, 11) is 0. The van der Waals surface area contributed by atoms with Crippen LogP contribution in [0, 0.1) is 0 Å². The monoisotopic (exact) mass is 276 g/mol. The van der Waals surface area contributed by atoms with Crippen molar-refractivity contribution in [1.29, 1.82) is 0 Å². The largest absolute Gasteiger partial charge is 0.481 e. The molecular formula is C14H12O4S. The van der Waals surface area contributed by atoms with Gasteiger partial charge in [0.25, 0.3) is 0 Å². The quantitative estimate of drug-likeness (QED) is 0.880. The van der Waals surface area contributed by atoms with Crippen LogP contribution in [0.5, 0.6) is 0 Å². The summed E-state index contributed by atoms with van der Waals surface area (Å²) < 4.78 is 0. The third kappa shape index (κ3) is 2.37. The van der Waals surface area contributed by atoms with Gasteiger partial charge in [-0.2, -0.15) is 0 Å². The molecule has 0 fully saturated rings. The molecule has 1 aromatic heterocycles. The molecule has 1 aromatic carbocycles. The van der Waals surface area contributed by atoms with Crippen LogP contribution in [-0.4, -0.2) is 22.2 Å². The lowest BCUT2D eigenvalue weighted by Crippen LogP contribution is -2.38. The second kappa shape index (κ2) is 5.24. The van der Waals surface area contributed by atoms with Gasteiger partial charge in [-0.05, 0) is 17.0 Å². The Morgan fingerprint density at radius 1 is 1.05 bits per heavy atom. The average Bonchev–Trinajstić information content (AvgIpc) is 2.90. The van der Waals surface area contributed by atoms with Crippen LogP contribution in [0.3, 0.4) is 0 Å². The maximum Gasteiger partial charge on any atom is 0.320 e. The van der Waals surface area contributed by atoms with Gasteiger partial charge in [-0.15, -0.1) is 11.3 Å². The predicted molar refractivity (Wildman–Crippen MR) is 71.4 cm³/mol. The van der Waals surface area contributed by atoms with Gasteiger partial charge in [-0.3, -0.25) is 9.59 Å². The van der Waals surface area contributed by atoms with E-state index in [1.165, 1.54) is 11.3 Å². The van der Waals surface area contributed by atoms with Crippen LogP contribution in [-0.2, 0) is 15.0 Å². The first-order chi connectivity index (χ1) is 9.07. The van der Waals surface area contributed by atoms with Gasteiger partial charge in [0, 0.05) is 4.88 Å². The fraction of sp³-hybridized carbons (Fsp3) is 0.143. The summed E-state index contributed by atoms with van der Waals surface area (Å²) in [5.74, 6) is -2.29. The normalized spacial score (nSPS) is 13.7. The van der Waals surface area contributed by atoms with E-state index in [2.05, 4.69) is 0 Å². The van der Waals surface area contributed by atoms with Gasteiger partial charge >= 0.3 is 11.9 Å². The molecule has 2 N–H and O–H groups in total.